The maximum absolute atomic E-state index is 13.3. The summed E-state index contributed by atoms with van der Waals surface area (Å²) in [5.41, 5.74) is 6.34. The fourth-order valence-corrected chi connectivity index (χ4v) is 3.22. The van der Waals surface area contributed by atoms with Gasteiger partial charge in [0.15, 0.2) is 5.82 Å². The number of nitrogens with zero attached hydrogens (tertiary/aromatic N) is 1. The Hall–Kier alpha value is -2.09. The zero-order valence-corrected chi connectivity index (χ0v) is 12.6. The van der Waals surface area contributed by atoms with Crippen LogP contribution in [0.15, 0.2) is 23.1 Å². The molecule has 0 fully saturated rings. The summed E-state index contributed by atoms with van der Waals surface area (Å²) in [5, 5.41) is 6.65. The number of rotatable bonds is 5. The molecule has 0 aliphatic heterocycles. The van der Waals surface area contributed by atoms with E-state index in [0.717, 1.165) is 30.7 Å². The lowest BCUT2D eigenvalue weighted by Gasteiger charge is -2.09. The Morgan fingerprint density at radius 2 is 2.10 bits per heavy atom. The van der Waals surface area contributed by atoms with Crippen LogP contribution in [0.2, 0.25) is 0 Å². The topological polar surface area (TPSA) is 101 Å². The van der Waals surface area contributed by atoms with Gasteiger partial charge in [0.2, 0.25) is 0 Å². The van der Waals surface area contributed by atoms with Crippen LogP contribution < -0.4 is 10.5 Å². The lowest BCUT2D eigenvalue weighted by molar-refractivity contribution is 0.599. The molecular formula is C13H17FN4O2S. The van der Waals surface area contributed by atoms with Crippen LogP contribution in [0.25, 0.3) is 0 Å². The number of halogens is 1. The van der Waals surface area contributed by atoms with Crippen LogP contribution in [0.1, 0.15) is 24.6 Å². The SMILES string of the molecule is CCCc1cc(NS(=O)(=O)c2cc(N)c(F)cc2C)n[nH]1. The smallest absolute Gasteiger partial charge is 0.263 e. The third-order valence-electron chi connectivity index (χ3n) is 2.97. The predicted molar refractivity (Wildman–Crippen MR) is 78.9 cm³/mol. The number of hydrogen-bond donors (Lipinski definition) is 3. The van der Waals surface area contributed by atoms with Crippen LogP contribution >= 0.6 is 0 Å². The fraction of sp³-hybridized carbons (Fsp3) is 0.308. The quantitative estimate of drug-likeness (QED) is 0.737. The summed E-state index contributed by atoms with van der Waals surface area (Å²) in [4.78, 5) is -0.0681. The van der Waals surface area contributed by atoms with Gasteiger partial charge in [0.25, 0.3) is 10.0 Å². The van der Waals surface area contributed by atoms with Crippen LogP contribution in [0, 0.1) is 12.7 Å². The number of nitrogens with two attached hydrogens (primary N) is 1. The minimum absolute atomic E-state index is 0.0681. The van der Waals surface area contributed by atoms with Crippen molar-refractivity contribution in [2.45, 2.75) is 31.6 Å². The average molecular weight is 312 g/mol. The Bertz CT molecular complexity index is 756. The maximum atomic E-state index is 13.3. The van der Waals surface area contributed by atoms with E-state index in [1.165, 1.54) is 6.92 Å². The zero-order chi connectivity index (χ0) is 15.6. The first kappa shape index (κ1) is 15.3. The van der Waals surface area contributed by atoms with E-state index in [2.05, 4.69) is 14.9 Å². The zero-order valence-electron chi connectivity index (χ0n) is 11.8. The number of anilines is 2. The molecule has 1 aromatic carbocycles. The highest BCUT2D eigenvalue weighted by atomic mass is 32.2. The number of benzene rings is 1. The summed E-state index contributed by atoms with van der Waals surface area (Å²) >= 11 is 0. The van der Waals surface area contributed by atoms with E-state index in [0.29, 0.717) is 0 Å². The molecule has 0 bridgehead atoms. The van der Waals surface area contributed by atoms with Crippen molar-refractivity contribution in [3.63, 3.8) is 0 Å². The highest BCUT2D eigenvalue weighted by Crippen LogP contribution is 2.23. The van der Waals surface area contributed by atoms with Crippen LogP contribution in [0.3, 0.4) is 0 Å². The second-order valence-electron chi connectivity index (χ2n) is 4.77. The Morgan fingerprint density at radius 3 is 2.76 bits per heavy atom. The molecule has 0 saturated carbocycles. The van der Waals surface area contributed by atoms with Gasteiger partial charge in [-0.2, -0.15) is 5.10 Å². The summed E-state index contributed by atoms with van der Waals surface area (Å²) in [7, 11) is -3.86. The number of nitrogens with one attached hydrogen (secondary N) is 2. The molecule has 4 N–H and O–H groups in total. The molecule has 0 aliphatic rings. The van der Waals surface area contributed by atoms with Crippen LogP contribution in [0.5, 0.6) is 0 Å². The third kappa shape index (κ3) is 3.33. The Morgan fingerprint density at radius 1 is 1.38 bits per heavy atom. The summed E-state index contributed by atoms with van der Waals surface area (Å²) in [6, 6.07) is 3.83. The van der Waals surface area contributed by atoms with Crippen molar-refractivity contribution in [1.82, 2.24) is 10.2 Å². The van der Waals surface area contributed by atoms with Crippen LogP contribution in [-0.4, -0.2) is 18.6 Å². The number of aryl methyl sites for hydroxylation is 2. The highest BCUT2D eigenvalue weighted by molar-refractivity contribution is 7.92. The predicted octanol–water partition coefficient (Wildman–Crippen LogP) is 2.19. The van der Waals surface area contributed by atoms with Gasteiger partial charge in [0, 0.05) is 11.8 Å². The van der Waals surface area contributed by atoms with Crippen molar-refractivity contribution in [1.29, 1.82) is 0 Å². The third-order valence-corrected chi connectivity index (χ3v) is 4.47. The first-order valence-corrected chi connectivity index (χ1v) is 7.94. The van der Waals surface area contributed by atoms with Gasteiger partial charge >= 0.3 is 0 Å². The van der Waals surface area contributed by atoms with E-state index >= 15 is 0 Å². The minimum Gasteiger partial charge on any atom is -0.396 e. The summed E-state index contributed by atoms with van der Waals surface area (Å²) in [6.45, 7) is 3.51. The molecular weight excluding hydrogens is 295 g/mol. The summed E-state index contributed by atoms with van der Waals surface area (Å²) < 4.78 is 40.3. The monoisotopic (exact) mass is 312 g/mol. The molecule has 0 atom stereocenters. The molecule has 2 rings (SSSR count). The van der Waals surface area contributed by atoms with Crippen LogP contribution in [-0.2, 0) is 16.4 Å². The average Bonchev–Trinajstić information content (AvgIpc) is 2.80. The maximum Gasteiger partial charge on any atom is 0.263 e. The molecule has 21 heavy (non-hydrogen) atoms. The summed E-state index contributed by atoms with van der Waals surface area (Å²) in [6.07, 6.45) is 1.69. The number of nitrogen functional groups attached to an aromatic ring is 1. The first-order chi connectivity index (χ1) is 9.83. The van der Waals surface area contributed by atoms with Gasteiger partial charge in [0.1, 0.15) is 5.82 Å². The number of hydrogen-bond acceptors (Lipinski definition) is 4. The van der Waals surface area contributed by atoms with Gasteiger partial charge in [-0.3, -0.25) is 9.82 Å². The van der Waals surface area contributed by atoms with Gasteiger partial charge < -0.3 is 5.73 Å². The fourth-order valence-electron chi connectivity index (χ4n) is 1.96. The molecule has 2 aromatic rings. The Balaban J connectivity index is 2.31. The van der Waals surface area contributed by atoms with Crippen molar-refractivity contribution < 1.29 is 12.8 Å². The molecule has 0 saturated heterocycles. The lowest BCUT2D eigenvalue weighted by atomic mass is 10.2. The second-order valence-corrected chi connectivity index (χ2v) is 6.42. The van der Waals surface area contributed by atoms with Gasteiger partial charge in [-0.25, -0.2) is 12.8 Å². The van der Waals surface area contributed by atoms with Gasteiger partial charge in [-0.05, 0) is 31.0 Å². The van der Waals surface area contributed by atoms with Crippen molar-refractivity contribution in [2.24, 2.45) is 0 Å². The van der Waals surface area contributed by atoms with Crippen molar-refractivity contribution >= 4 is 21.5 Å². The molecule has 0 unspecified atom stereocenters. The molecule has 1 heterocycles. The molecule has 6 nitrogen and oxygen atoms in total. The summed E-state index contributed by atoms with van der Waals surface area (Å²) in [5.74, 6) is -0.447. The Kier molecular flexibility index (Phi) is 4.17. The van der Waals surface area contributed by atoms with E-state index in [1.54, 1.807) is 6.07 Å². The van der Waals surface area contributed by atoms with E-state index in [4.69, 9.17) is 5.73 Å². The highest BCUT2D eigenvalue weighted by Gasteiger charge is 2.20. The number of aromatic amines is 1. The largest absolute Gasteiger partial charge is 0.396 e. The van der Waals surface area contributed by atoms with E-state index in [-0.39, 0.29) is 22.0 Å². The molecule has 114 valence electrons. The molecule has 0 spiro atoms. The van der Waals surface area contributed by atoms with E-state index in [1.807, 2.05) is 6.92 Å². The first-order valence-electron chi connectivity index (χ1n) is 6.46. The molecule has 0 aliphatic carbocycles. The Labute approximate surface area is 122 Å². The van der Waals surface area contributed by atoms with E-state index in [9.17, 15) is 12.8 Å². The van der Waals surface area contributed by atoms with Gasteiger partial charge in [-0.15, -0.1) is 0 Å². The molecule has 1 aromatic heterocycles. The second kappa shape index (κ2) is 5.72. The number of H-pyrrole nitrogens is 1. The van der Waals surface area contributed by atoms with E-state index < -0.39 is 15.8 Å². The number of aromatic nitrogens is 2. The molecule has 0 radical (unpaired) electrons. The molecule has 0 amide bonds. The standard InChI is InChI=1S/C13H17FN4O2S/c1-3-4-9-6-13(17-16-9)18-21(19,20)12-7-11(15)10(14)5-8(12)2/h5-7H,3-4,15H2,1-2H3,(H2,16,17,18). The lowest BCUT2D eigenvalue weighted by Crippen LogP contribution is -2.15. The van der Waals surface area contributed by atoms with Crippen LogP contribution in [0.4, 0.5) is 15.9 Å². The van der Waals surface area contributed by atoms with Crippen molar-refractivity contribution in [3.05, 3.63) is 35.3 Å². The van der Waals surface area contributed by atoms with Gasteiger partial charge in [-0.1, -0.05) is 13.3 Å². The van der Waals surface area contributed by atoms with Gasteiger partial charge in [0.05, 0.1) is 10.6 Å². The van der Waals surface area contributed by atoms with Crippen molar-refractivity contribution in [2.75, 3.05) is 10.5 Å². The normalized spacial score (nSPS) is 11.6. The molecule has 8 heteroatoms. The number of sulfonamides is 1. The van der Waals surface area contributed by atoms with Crippen molar-refractivity contribution in [3.8, 4) is 0 Å². The minimum atomic E-state index is -3.86.